The predicted molar refractivity (Wildman–Crippen MR) is 71.7 cm³/mol. The molecule has 1 aliphatic carbocycles. The Hall–Kier alpha value is -2.10. The molecule has 1 aliphatic rings. The third-order valence-electron chi connectivity index (χ3n) is 3.68. The molecule has 0 saturated heterocycles. The van der Waals surface area contributed by atoms with Crippen molar-refractivity contribution in [1.82, 2.24) is 9.97 Å². The number of aromatic nitrogens is 2. The highest BCUT2D eigenvalue weighted by atomic mass is 16.5. The van der Waals surface area contributed by atoms with Gasteiger partial charge in [0.1, 0.15) is 11.2 Å². The van der Waals surface area contributed by atoms with Gasteiger partial charge in [0.25, 0.3) is 0 Å². The van der Waals surface area contributed by atoms with E-state index in [0.29, 0.717) is 0 Å². The standard InChI is InChI=1S/C15H16N2O2/c1-10-4-3-5-11(8-10)12-9-16-13(17-12)15(6-7-15)14(18)19-2/h3-5,8-9H,6-7H2,1-2H3,(H,16,17). The first-order valence-electron chi connectivity index (χ1n) is 6.37. The molecule has 1 saturated carbocycles. The number of nitrogens with one attached hydrogen (secondary N) is 1. The Kier molecular flexibility index (Phi) is 2.66. The van der Waals surface area contributed by atoms with Gasteiger partial charge < -0.3 is 9.72 Å². The molecule has 19 heavy (non-hydrogen) atoms. The van der Waals surface area contributed by atoms with Crippen LogP contribution in [0.4, 0.5) is 0 Å². The minimum absolute atomic E-state index is 0.197. The molecule has 0 spiro atoms. The molecule has 0 unspecified atom stereocenters. The van der Waals surface area contributed by atoms with Crippen LogP contribution in [0.3, 0.4) is 0 Å². The van der Waals surface area contributed by atoms with Crippen molar-refractivity contribution < 1.29 is 9.53 Å². The molecule has 4 nitrogen and oxygen atoms in total. The van der Waals surface area contributed by atoms with Gasteiger partial charge >= 0.3 is 5.97 Å². The highest BCUT2D eigenvalue weighted by Gasteiger charge is 2.55. The zero-order chi connectivity index (χ0) is 13.5. The number of benzene rings is 1. The van der Waals surface area contributed by atoms with Crippen molar-refractivity contribution in [2.24, 2.45) is 0 Å². The number of ether oxygens (including phenoxy) is 1. The van der Waals surface area contributed by atoms with Gasteiger partial charge in [-0.05, 0) is 31.4 Å². The van der Waals surface area contributed by atoms with Crippen molar-refractivity contribution in [1.29, 1.82) is 0 Å². The second kappa shape index (κ2) is 4.23. The van der Waals surface area contributed by atoms with Crippen LogP contribution in [0.1, 0.15) is 24.2 Å². The summed E-state index contributed by atoms with van der Waals surface area (Å²) in [6.45, 7) is 2.05. The molecule has 1 N–H and O–H groups in total. The molecular weight excluding hydrogens is 240 g/mol. The Bertz CT molecular complexity index is 627. The number of methoxy groups -OCH3 is 1. The van der Waals surface area contributed by atoms with Crippen LogP contribution in [0.5, 0.6) is 0 Å². The van der Waals surface area contributed by atoms with Gasteiger partial charge in [-0.1, -0.05) is 23.8 Å². The van der Waals surface area contributed by atoms with Crippen LogP contribution in [0.2, 0.25) is 0 Å². The van der Waals surface area contributed by atoms with Crippen LogP contribution >= 0.6 is 0 Å². The van der Waals surface area contributed by atoms with E-state index in [1.54, 1.807) is 6.20 Å². The van der Waals surface area contributed by atoms with Gasteiger partial charge in [-0.15, -0.1) is 0 Å². The van der Waals surface area contributed by atoms with E-state index < -0.39 is 5.41 Å². The Balaban J connectivity index is 1.94. The molecule has 0 atom stereocenters. The highest BCUT2D eigenvalue weighted by Crippen LogP contribution is 2.48. The van der Waals surface area contributed by atoms with Crippen molar-refractivity contribution in [2.75, 3.05) is 7.11 Å². The summed E-state index contributed by atoms with van der Waals surface area (Å²) < 4.78 is 4.87. The zero-order valence-electron chi connectivity index (χ0n) is 11.1. The lowest BCUT2D eigenvalue weighted by atomic mass is 10.1. The fourth-order valence-corrected chi connectivity index (χ4v) is 2.38. The maximum Gasteiger partial charge on any atom is 0.319 e. The first-order chi connectivity index (χ1) is 9.15. The van der Waals surface area contributed by atoms with Crippen LogP contribution in [0, 0.1) is 6.92 Å². The average Bonchev–Trinajstić information content (AvgIpc) is 3.08. The number of aromatic amines is 1. The van der Waals surface area contributed by atoms with Crippen LogP contribution in [-0.4, -0.2) is 23.0 Å². The number of aryl methyl sites for hydroxylation is 1. The summed E-state index contributed by atoms with van der Waals surface area (Å²) in [7, 11) is 1.42. The highest BCUT2D eigenvalue weighted by molar-refractivity contribution is 5.85. The van der Waals surface area contributed by atoms with Crippen molar-refractivity contribution in [3.05, 3.63) is 41.9 Å². The molecule has 2 aromatic rings. The van der Waals surface area contributed by atoms with Gasteiger partial charge in [0.05, 0.1) is 19.0 Å². The van der Waals surface area contributed by atoms with Crippen LogP contribution in [-0.2, 0) is 14.9 Å². The maximum atomic E-state index is 11.8. The Morgan fingerprint density at radius 2 is 2.21 bits per heavy atom. The van der Waals surface area contributed by atoms with Gasteiger partial charge in [-0.3, -0.25) is 4.79 Å². The van der Waals surface area contributed by atoms with E-state index in [0.717, 1.165) is 29.9 Å². The number of carbonyl (C=O) groups is 1. The number of nitrogens with zero attached hydrogens (tertiary/aromatic N) is 1. The number of hydrogen-bond acceptors (Lipinski definition) is 3. The predicted octanol–water partition coefficient (Wildman–Crippen LogP) is 2.59. The van der Waals surface area contributed by atoms with Crippen molar-refractivity contribution >= 4 is 5.97 Å². The van der Waals surface area contributed by atoms with Crippen LogP contribution in [0.15, 0.2) is 30.5 Å². The summed E-state index contributed by atoms with van der Waals surface area (Å²) in [4.78, 5) is 19.4. The minimum atomic E-state index is -0.531. The third kappa shape index (κ3) is 1.93. The zero-order valence-corrected chi connectivity index (χ0v) is 11.1. The molecule has 1 heterocycles. The lowest BCUT2D eigenvalue weighted by molar-refractivity contribution is -0.143. The lowest BCUT2D eigenvalue weighted by Gasteiger charge is -2.08. The molecule has 0 radical (unpaired) electrons. The SMILES string of the molecule is COC(=O)C1(c2ncc(-c3cccc(C)c3)[nH]2)CC1. The summed E-state index contributed by atoms with van der Waals surface area (Å²) in [6, 6.07) is 8.19. The van der Waals surface area contributed by atoms with E-state index in [9.17, 15) is 4.79 Å². The van der Waals surface area contributed by atoms with E-state index in [1.165, 1.54) is 12.7 Å². The Morgan fingerprint density at radius 3 is 2.84 bits per heavy atom. The summed E-state index contributed by atoms with van der Waals surface area (Å²) in [5.74, 6) is 0.522. The van der Waals surface area contributed by atoms with Crippen molar-refractivity contribution in [3.63, 3.8) is 0 Å². The van der Waals surface area contributed by atoms with Gasteiger partial charge in [0, 0.05) is 0 Å². The first kappa shape index (κ1) is 12.0. The van der Waals surface area contributed by atoms with Crippen LogP contribution in [0.25, 0.3) is 11.3 Å². The normalized spacial score (nSPS) is 16.1. The summed E-state index contributed by atoms with van der Waals surface area (Å²) in [5.41, 5.74) is 2.69. The quantitative estimate of drug-likeness (QED) is 0.859. The number of esters is 1. The molecule has 0 bridgehead atoms. The molecule has 1 aromatic carbocycles. The molecule has 1 fully saturated rings. The fourth-order valence-electron chi connectivity index (χ4n) is 2.38. The number of imidazole rings is 1. The van der Waals surface area contributed by atoms with Crippen molar-refractivity contribution in [2.45, 2.75) is 25.2 Å². The smallest absolute Gasteiger partial charge is 0.319 e. The lowest BCUT2D eigenvalue weighted by Crippen LogP contribution is -2.23. The minimum Gasteiger partial charge on any atom is -0.468 e. The monoisotopic (exact) mass is 256 g/mol. The number of rotatable bonds is 3. The van der Waals surface area contributed by atoms with Gasteiger partial charge in [0.15, 0.2) is 0 Å². The number of carbonyl (C=O) groups excluding carboxylic acids is 1. The van der Waals surface area contributed by atoms with E-state index >= 15 is 0 Å². The molecule has 4 heteroatoms. The molecule has 0 aliphatic heterocycles. The van der Waals surface area contributed by atoms with Gasteiger partial charge in [-0.2, -0.15) is 0 Å². The molecule has 98 valence electrons. The first-order valence-corrected chi connectivity index (χ1v) is 6.37. The Morgan fingerprint density at radius 1 is 1.42 bits per heavy atom. The topological polar surface area (TPSA) is 55.0 Å². The Labute approximate surface area is 111 Å². The third-order valence-corrected chi connectivity index (χ3v) is 3.68. The van der Waals surface area contributed by atoms with Gasteiger partial charge in [-0.25, -0.2) is 4.98 Å². The molecule has 3 rings (SSSR count). The molecule has 0 amide bonds. The number of hydrogen-bond donors (Lipinski definition) is 1. The van der Waals surface area contributed by atoms with E-state index in [2.05, 4.69) is 29.0 Å². The molecular formula is C15H16N2O2. The largest absolute Gasteiger partial charge is 0.468 e. The summed E-state index contributed by atoms with van der Waals surface area (Å²) in [6.07, 6.45) is 3.40. The van der Waals surface area contributed by atoms with E-state index in [1.807, 2.05) is 12.1 Å². The van der Waals surface area contributed by atoms with Crippen molar-refractivity contribution in [3.8, 4) is 11.3 Å². The second-order valence-electron chi connectivity index (χ2n) is 5.09. The van der Waals surface area contributed by atoms with E-state index in [-0.39, 0.29) is 5.97 Å². The fraction of sp³-hybridized carbons (Fsp3) is 0.333. The second-order valence-corrected chi connectivity index (χ2v) is 5.09. The number of H-pyrrole nitrogens is 1. The average molecular weight is 256 g/mol. The van der Waals surface area contributed by atoms with E-state index in [4.69, 9.17) is 4.74 Å². The van der Waals surface area contributed by atoms with Crippen LogP contribution < -0.4 is 0 Å². The summed E-state index contributed by atoms with van der Waals surface area (Å²) >= 11 is 0. The summed E-state index contributed by atoms with van der Waals surface area (Å²) in [5, 5.41) is 0. The maximum absolute atomic E-state index is 11.8. The van der Waals surface area contributed by atoms with Gasteiger partial charge in [0.2, 0.25) is 0 Å². The molecule has 1 aromatic heterocycles.